The second-order valence-corrected chi connectivity index (χ2v) is 6.06. The third kappa shape index (κ3) is 5.06. The molecule has 23 heavy (non-hydrogen) atoms. The predicted octanol–water partition coefficient (Wildman–Crippen LogP) is 2.65. The van der Waals surface area contributed by atoms with E-state index in [2.05, 4.69) is 15.3 Å². The van der Waals surface area contributed by atoms with Crippen LogP contribution in [-0.2, 0) is 11.8 Å². The topological polar surface area (TPSA) is 63.3 Å². The Balaban J connectivity index is 1.87. The SMILES string of the molecule is CC(C)(CN=C(N)NCCc1ccccn1)c1ccccc1F. The van der Waals surface area contributed by atoms with Crippen LogP contribution in [0.1, 0.15) is 25.1 Å². The normalized spacial score (nSPS) is 12.2. The van der Waals surface area contributed by atoms with Crippen LogP contribution >= 0.6 is 0 Å². The smallest absolute Gasteiger partial charge is 0.188 e. The number of aliphatic imine (C=N–C) groups is 1. The third-order valence-corrected chi connectivity index (χ3v) is 3.66. The highest BCUT2D eigenvalue weighted by Crippen LogP contribution is 2.25. The lowest BCUT2D eigenvalue weighted by molar-refractivity contribution is 0.493. The van der Waals surface area contributed by atoms with Crippen molar-refractivity contribution in [3.8, 4) is 0 Å². The molecular weight excluding hydrogens is 291 g/mol. The van der Waals surface area contributed by atoms with Crippen molar-refractivity contribution >= 4 is 5.96 Å². The molecule has 0 bridgehead atoms. The van der Waals surface area contributed by atoms with Crippen LogP contribution in [0.15, 0.2) is 53.7 Å². The monoisotopic (exact) mass is 314 g/mol. The molecule has 0 aliphatic heterocycles. The van der Waals surface area contributed by atoms with Gasteiger partial charge in [0.25, 0.3) is 0 Å². The molecule has 1 aromatic heterocycles. The largest absolute Gasteiger partial charge is 0.370 e. The lowest BCUT2D eigenvalue weighted by Crippen LogP contribution is -2.35. The maximum Gasteiger partial charge on any atom is 0.188 e. The van der Waals surface area contributed by atoms with Gasteiger partial charge in [-0.1, -0.05) is 38.1 Å². The van der Waals surface area contributed by atoms with Gasteiger partial charge in [0.05, 0.1) is 6.54 Å². The van der Waals surface area contributed by atoms with Gasteiger partial charge in [0.15, 0.2) is 5.96 Å². The number of hydrogen-bond donors (Lipinski definition) is 2. The van der Waals surface area contributed by atoms with Gasteiger partial charge in [-0.3, -0.25) is 9.98 Å². The molecule has 0 amide bonds. The highest BCUT2D eigenvalue weighted by molar-refractivity contribution is 5.77. The average molecular weight is 314 g/mol. The Labute approximate surface area is 136 Å². The molecule has 2 aromatic rings. The molecule has 0 atom stereocenters. The van der Waals surface area contributed by atoms with Crippen LogP contribution in [0.25, 0.3) is 0 Å². The molecule has 0 spiro atoms. The van der Waals surface area contributed by atoms with E-state index in [9.17, 15) is 4.39 Å². The zero-order valence-electron chi connectivity index (χ0n) is 13.6. The number of halogens is 1. The van der Waals surface area contributed by atoms with Crippen molar-refractivity contribution in [2.45, 2.75) is 25.7 Å². The Hall–Kier alpha value is -2.43. The van der Waals surface area contributed by atoms with E-state index < -0.39 is 5.41 Å². The molecule has 122 valence electrons. The molecule has 0 unspecified atom stereocenters. The maximum absolute atomic E-state index is 13.9. The lowest BCUT2D eigenvalue weighted by atomic mass is 9.84. The van der Waals surface area contributed by atoms with Gasteiger partial charge >= 0.3 is 0 Å². The summed E-state index contributed by atoms with van der Waals surface area (Å²) in [7, 11) is 0. The van der Waals surface area contributed by atoms with E-state index >= 15 is 0 Å². The van der Waals surface area contributed by atoms with Crippen molar-refractivity contribution < 1.29 is 4.39 Å². The minimum atomic E-state index is -0.418. The van der Waals surface area contributed by atoms with Crippen molar-refractivity contribution in [2.75, 3.05) is 13.1 Å². The molecule has 0 aliphatic rings. The number of aromatic nitrogens is 1. The summed E-state index contributed by atoms with van der Waals surface area (Å²) in [6.07, 6.45) is 2.54. The number of guanidine groups is 1. The summed E-state index contributed by atoms with van der Waals surface area (Å²) < 4.78 is 13.9. The van der Waals surface area contributed by atoms with Crippen molar-refractivity contribution in [3.05, 3.63) is 65.7 Å². The zero-order valence-corrected chi connectivity index (χ0v) is 13.6. The van der Waals surface area contributed by atoms with Gasteiger partial charge in [0, 0.05) is 30.3 Å². The number of benzene rings is 1. The number of rotatable bonds is 6. The van der Waals surface area contributed by atoms with Gasteiger partial charge in [0.2, 0.25) is 0 Å². The number of hydrogen-bond acceptors (Lipinski definition) is 2. The van der Waals surface area contributed by atoms with E-state index in [1.54, 1.807) is 18.3 Å². The molecule has 4 nitrogen and oxygen atoms in total. The molecule has 0 radical (unpaired) electrons. The summed E-state index contributed by atoms with van der Waals surface area (Å²) in [4.78, 5) is 8.59. The van der Waals surface area contributed by atoms with Crippen LogP contribution < -0.4 is 11.1 Å². The lowest BCUT2D eigenvalue weighted by Gasteiger charge is -2.23. The minimum absolute atomic E-state index is 0.214. The summed E-state index contributed by atoms with van der Waals surface area (Å²) in [6.45, 7) is 4.98. The minimum Gasteiger partial charge on any atom is -0.370 e. The summed E-state index contributed by atoms with van der Waals surface area (Å²) >= 11 is 0. The van der Waals surface area contributed by atoms with Crippen molar-refractivity contribution in [3.63, 3.8) is 0 Å². The first-order chi connectivity index (χ1) is 11.0. The van der Waals surface area contributed by atoms with Crippen LogP contribution in [0.3, 0.4) is 0 Å². The maximum atomic E-state index is 13.9. The van der Waals surface area contributed by atoms with Gasteiger partial charge in [-0.25, -0.2) is 4.39 Å². The first kappa shape index (κ1) is 16.9. The Bertz CT molecular complexity index is 653. The third-order valence-electron chi connectivity index (χ3n) is 3.66. The molecule has 1 aromatic carbocycles. The van der Waals surface area contributed by atoms with Gasteiger partial charge in [-0.2, -0.15) is 0 Å². The van der Waals surface area contributed by atoms with E-state index in [-0.39, 0.29) is 5.82 Å². The quantitative estimate of drug-likeness (QED) is 0.636. The standard InChI is InChI=1S/C18H23FN4/c1-18(2,15-8-3-4-9-16(15)19)13-23-17(20)22-12-10-14-7-5-6-11-21-14/h3-9,11H,10,12-13H2,1-2H3,(H3,20,22,23). The Morgan fingerprint density at radius 3 is 2.65 bits per heavy atom. The summed E-state index contributed by atoms with van der Waals surface area (Å²) in [6, 6.07) is 12.6. The van der Waals surface area contributed by atoms with Gasteiger partial charge in [-0.15, -0.1) is 0 Å². The van der Waals surface area contributed by atoms with Crippen LogP contribution in [0, 0.1) is 5.82 Å². The van der Waals surface area contributed by atoms with Crippen LogP contribution in [0.4, 0.5) is 4.39 Å². The predicted molar refractivity (Wildman–Crippen MR) is 91.9 cm³/mol. The van der Waals surface area contributed by atoms with Gasteiger partial charge in [-0.05, 0) is 23.8 Å². The highest BCUT2D eigenvalue weighted by atomic mass is 19.1. The fourth-order valence-corrected chi connectivity index (χ4v) is 2.30. The molecule has 0 saturated heterocycles. The van der Waals surface area contributed by atoms with Gasteiger partial charge < -0.3 is 11.1 Å². The zero-order chi connectivity index (χ0) is 16.7. The first-order valence-corrected chi connectivity index (χ1v) is 7.68. The molecular formula is C18H23FN4. The molecule has 0 saturated carbocycles. The van der Waals surface area contributed by atoms with Crippen LogP contribution in [-0.4, -0.2) is 24.0 Å². The second kappa shape index (κ2) is 7.72. The van der Waals surface area contributed by atoms with Crippen LogP contribution in [0.5, 0.6) is 0 Å². The Kier molecular flexibility index (Phi) is 5.68. The van der Waals surface area contributed by atoms with E-state index in [0.29, 0.717) is 24.6 Å². The van der Waals surface area contributed by atoms with Crippen molar-refractivity contribution in [1.29, 1.82) is 0 Å². The summed E-state index contributed by atoms with van der Waals surface area (Å²) in [5.74, 6) is 0.153. The Morgan fingerprint density at radius 2 is 1.96 bits per heavy atom. The van der Waals surface area contributed by atoms with Gasteiger partial charge in [0.1, 0.15) is 5.82 Å². The Morgan fingerprint density at radius 1 is 1.22 bits per heavy atom. The molecule has 3 N–H and O–H groups in total. The average Bonchev–Trinajstić information content (AvgIpc) is 2.54. The fourth-order valence-electron chi connectivity index (χ4n) is 2.30. The highest BCUT2D eigenvalue weighted by Gasteiger charge is 2.23. The number of nitrogens with zero attached hydrogens (tertiary/aromatic N) is 2. The number of nitrogens with two attached hydrogens (primary N) is 1. The van der Waals surface area contributed by atoms with E-state index in [1.165, 1.54) is 6.07 Å². The molecule has 1 heterocycles. The molecule has 5 heteroatoms. The van der Waals surface area contributed by atoms with Crippen molar-refractivity contribution in [2.24, 2.45) is 10.7 Å². The van der Waals surface area contributed by atoms with E-state index in [0.717, 1.165) is 12.1 Å². The summed E-state index contributed by atoms with van der Waals surface area (Å²) in [5.41, 5.74) is 7.11. The second-order valence-electron chi connectivity index (χ2n) is 6.06. The molecule has 0 aliphatic carbocycles. The first-order valence-electron chi connectivity index (χ1n) is 7.68. The number of nitrogens with one attached hydrogen (secondary N) is 1. The van der Waals surface area contributed by atoms with Crippen LogP contribution in [0.2, 0.25) is 0 Å². The fraction of sp³-hybridized carbons (Fsp3) is 0.333. The summed E-state index contributed by atoms with van der Waals surface area (Å²) in [5, 5.41) is 3.06. The van der Waals surface area contributed by atoms with E-state index in [1.807, 2.05) is 38.1 Å². The van der Waals surface area contributed by atoms with Crippen molar-refractivity contribution in [1.82, 2.24) is 10.3 Å². The molecule has 0 fully saturated rings. The van der Waals surface area contributed by atoms with E-state index in [4.69, 9.17) is 5.73 Å². The molecule has 2 rings (SSSR count). The number of pyridine rings is 1.